The maximum absolute atomic E-state index is 12.8. The molecule has 1 aliphatic heterocycles. The van der Waals surface area contributed by atoms with Crippen LogP contribution in [0.3, 0.4) is 0 Å². The maximum atomic E-state index is 12.8. The Morgan fingerprint density at radius 1 is 0.952 bits per heavy atom. The Kier molecular flexibility index (Phi) is 4.84. The summed E-state index contributed by atoms with van der Waals surface area (Å²) in [5.74, 6) is 1.84. The molecule has 3 nitrogen and oxygen atoms in total. The van der Waals surface area contributed by atoms with Gasteiger partial charge < -0.3 is 9.47 Å². The van der Waals surface area contributed by atoms with E-state index in [1.165, 1.54) is 25.7 Å². The number of hydrogen-bond acceptors (Lipinski definition) is 3. The molecule has 1 aliphatic carbocycles. The van der Waals surface area contributed by atoms with Crippen molar-refractivity contribution < 1.29 is 14.3 Å². The number of benzene rings is 1. The number of Topliss-reactive ketones (excluding diaryl/α,β-unsaturated/α-hetero) is 1. The first-order valence-corrected chi connectivity index (χ1v) is 8.68. The zero-order chi connectivity index (χ0) is 14.7. The van der Waals surface area contributed by atoms with E-state index in [0.717, 1.165) is 35.0 Å². The quantitative estimate of drug-likeness (QED) is 0.568. The molecule has 2 aliphatic rings. The number of fused-ring (bicyclic) bond motifs is 1. The molecule has 1 heterocycles. The Hall–Kier alpha value is -1.03. The summed E-state index contributed by atoms with van der Waals surface area (Å²) in [6, 6.07) is 3.74. The number of ether oxygens (including phenoxy) is 2. The molecular formula is C17H21BrO3. The van der Waals surface area contributed by atoms with Crippen LogP contribution in [0.5, 0.6) is 11.5 Å². The number of ketones is 1. The van der Waals surface area contributed by atoms with E-state index in [9.17, 15) is 4.79 Å². The van der Waals surface area contributed by atoms with E-state index < -0.39 is 0 Å². The van der Waals surface area contributed by atoms with Gasteiger partial charge in [-0.1, -0.05) is 25.7 Å². The SMILES string of the molecule is O=C(c1cc2c(cc1Br)OCCCO2)C1CCCCCC1. The lowest BCUT2D eigenvalue weighted by molar-refractivity contribution is 0.0906. The average Bonchev–Trinajstić information content (AvgIpc) is 2.88. The highest BCUT2D eigenvalue weighted by molar-refractivity contribution is 9.10. The van der Waals surface area contributed by atoms with Crippen molar-refractivity contribution in [2.24, 2.45) is 5.92 Å². The average molecular weight is 353 g/mol. The molecule has 1 aromatic rings. The van der Waals surface area contributed by atoms with E-state index in [4.69, 9.17) is 9.47 Å². The molecule has 0 amide bonds. The summed E-state index contributed by atoms with van der Waals surface area (Å²) in [6.45, 7) is 1.31. The zero-order valence-corrected chi connectivity index (χ0v) is 13.8. The summed E-state index contributed by atoms with van der Waals surface area (Å²) >= 11 is 3.53. The monoisotopic (exact) mass is 352 g/mol. The Balaban J connectivity index is 1.86. The molecule has 114 valence electrons. The summed E-state index contributed by atoms with van der Waals surface area (Å²) in [7, 11) is 0. The third-order valence-corrected chi connectivity index (χ3v) is 4.98. The van der Waals surface area contributed by atoms with Crippen molar-refractivity contribution in [2.45, 2.75) is 44.9 Å². The van der Waals surface area contributed by atoms with Gasteiger partial charge >= 0.3 is 0 Å². The lowest BCUT2D eigenvalue weighted by Gasteiger charge is -2.16. The summed E-state index contributed by atoms with van der Waals surface area (Å²) in [4.78, 5) is 12.8. The van der Waals surface area contributed by atoms with E-state index >= 15 is 0 Å². The summed E-state index contributed by atoms with van der Waals surface area (Å²) in [5.41, 5.74) is 0.742. The van der Waals surface area contributed by atoms with Crippen LogP contribution in [0.1, 0.15) is 55.3 Å². The summed E-state index contributed by atoms with van der Waals surface area (Å²) in [5, 5.41) is 0. The Morgan fingerprint density at radius 2 is 1.57 bits per heavy atom. The third-order valence-electron chi connectivity index (χ3n) is 4.33. The number of rotatable bonds is 2. The topological polar surface area (TPSA) is 35.5 Å². The van der Waals surface area contributed by atoms with E-state index in [-0.39, 0.29) is 11.7 Å². The van der Waals surface area contributed by atoms with Gasteiger partial charge in [-0.3, -0.25) is 4.79 Å². The van der Waals surface area contributed by atoms with Crippen LogP contribution in [0.4, 0.5) is 0 Å². The van der Waals surface area contributed by atoms with Crippen LogP contribution in [0.15, 0.2) is 16.6 Å². The highest BCUT2D eigenvalue weighted by Gasteiger charge is 2.25. The number of halogens is 1. The molecule has 1 aromatic carbocycles. The van der Waals surface area contributed by atoms with Crippen LogP contribution >= 0.6 is 15.9 Å². The fourth-order valence-corrected chi connectivity index (χ4v) is 3.65. The van der Waals surface area contributed by atoms with Crippen LogP contribution in [0.2, 0.25) is 0 Å². The van der Waals surface area contributed by atoms with Crippen molar-refractivity contribution >= 4 is 21.7 Å². The van der Waals surface area contributed by atoms with Gasteiger partial charge in [0.05, 0.1) is 13.2 Å². The second kappa shape index (κ2) is 6.82. The molecule has 0 unspecified atom stereocenters. The molecule has 0 aromatic heterocycles. The van der Waals surface area contributed by atoms with Crippen LogP contribution in [0, 0.1) is 5.92 Å². The molecule has 0 atom stereocenters. The van der Waals surface area contributed by atoms with Crippen molar-refractivity contribution in [3.63, 3.8) is 0 Å². The molecule has 0 radical (unpaired) electrons. The normalized spacial score (nSPS) is 19.7. The smallest absolute Gasteiger partial charge is 0.167 e. The van der Waals surface area contributed by atoms with E-state index in [1.54, 1.807) is 0 Å². The van der Waals surface area contributed by atoms with Crippen LogP contribution in [0.25, 0.3) is 0 Å². The van der Waals surface area contributed by atoms with Crippen LogP contribution in [-0.2, 0) is 0 Å². The third kappa shape index (κ3) is 3.42. The van der Waals surface area contributed by atoms with Crippen molar-refractivity contribution in [3.05, 3.63) is 22.2 Å². The second-order valence-electron chi connectivity index (χ2n) is 5.88. The number of carbonyl (C=O) groups is 1. The highest BCUT2D eigenvalue weighted by atomic mass is 79.9. The van der Waals surface area contributed by atoms with Crippen LogP contribution in [-0.4, -0.2) is 19.0 Å². The van der Waals surface area contributed by atoms with Gasteiger partial charge in [0.15, 0.2) is 17.3 Å². The molecule has 0 bridgehead atoms. The Labute approximate surface area is 134 Å². The molecule has 3 rings (SSSR count). The Bertz CT molecular complexity index is 519. The predicted molar refractivity (Wildman–Crippen MR) is 85.3 cm³/mol. The van der Waals surface area contributed by atoms with E-state index in [1.807, 2.05) is 12.1 Å². The molecular weight excluding hydrogens is 332 g/mol. The first-order chi connectivity index (χ1) is 10.3. The second-order valence-corrected chi connectivity index (χ2v) is 6.74. The number of hydrogen-bond donors (Lipinski definition) is 0. The van der Waals surface area contributed by atoms with Gasteiger partial charge in [-0.25, -0.2) is 0 Å². The van der Waals surface area contributed by atoms with Gasteiger partial charge in [0.2, 0.25) is 0 Å². The fourth-order valence-electron chi connectivity index (χ4n) is 3.13. The van der Waals surface area contributed by atoms with Gasteiger partial charge in [0.25, 0.3) is 0 Å². The van der Waals surface area contributed by atoms with Crippen molar-refractivity contribution in [2.75, 3.05) is 13.2 Å². The first-order valence-electron chi connectivity index (χ1n) is 7.89. The van der Waals surface area contributed by atoms with Gasteiger partial charge in [-0.2, -0.15) is 0 Å². The molecule has 1 saturated carbocycles. The summed E-state index contributed by atoms with van der Waals surface area (Å²) in [6.07, 6.45) is 7.74. The number of carbonyl (C=O) groups excluding carboxylic acids is 1. The van der Waals surface area contributed by atoms with Crippen molar-refractivity contribution in [1.82, 2.24) is 0 Å². The first kappa shape index (κ1) is 14.9. The van der Waals surface area contributed by atoms with Gasteiger partial charge in [0, 0.05) is 22.4 Å². The van der Waals surface area contributed by atoms with Crippen molar-refractivity contribution in [1.29, 1.82) is 0 Å². The van der Waals surface area contributed by atoms with Gasteiger partial charge in [-0.05, 0) is 40.9 Å². The summed E-state index contributed by atoms with van der Waals surface area (Å²) < 4.78 is 12.2. The molecule has 0 N–H and O–H groups in total. The highest BCUT2D eigenvalue weighted by Crippen LogP contribution is 2.37. The molecule has 0 spiro atoms. The minimum absolute atomic E-state index is 0.161. The fraction of sp³-hybridized carbons (Fsp3) is 0.588. The molecule has 0 saturated heterocycles. The zero-order valence-electron chi connectivity index (χ0n) is 12.2. The maximum Gasteiger partial charge on any atom is 0.167 e. The van der Waals surface area contributed by atoms with Crippen LogP contribution < -0.4 is 9.47 Å². The molecule has 4 heteroatoms. The standard InChI is InChI=1S/C17H21BrO3/c18-14-11-16-15(20-8-5-9-21-16)10-13(14)17(19)12-6-3-1-2-4-7-12/h10-12H,1-9H2. The molecule has 1 fully saturated rings. The van der Waals surface area contributed by atoms with E-state index in [0.29, 0.717) is 19.0 Å². The van der Waals surface area contributed by atoms with Gasteiger partial charge in [-0.15, -0.1) is 0 Å². The Morgan fingerprint density at radius 3 is 2.24 bits per heavy atom. The van der Waals surface area contributed by atoms with Gasteiger partial charge in [0.1, 0.15) is 0 Å². The lowest BCUT2D eigenvalue weighted by Crippen LogP contribution is -2.15. The van der Waals surface area contributed by atoms with Crippen molar-refractivity contribution in [3.8, 4) is 11.5 Å². The lowest BCUT2D eigenvalue weighted by atomic mass is 9.91. The van der Waals surface area contributed by atoms with E-state index in [2.05, 4.69) is 15.9 Å². The predicted octanol–water partition coefficient (Wildman–Crippen LogP) is 4.76. The molecule has 21 heavy (non-hydrogen) atoms. The minimum atomic E-state index is 0.161. The minimum Gasteiger partial charge on any atom is -0.490 e. The largest absolute Gasteiger partial charge is 0.490 e.